The molecule has 0 bridgehead atoms. The van der Waals surface area contributed by atoms with Gasteiger partial charge in [-0.15, -0.1) is 0 Å². The minimum Gasteiger partial charge on any atom is -0.478 e. The number of benzene rings is 2. The van der Waals surface area contributed by atoms with E-state index < -0.39 is 35.0 Å². The Bertz CT molecular complexity index is 1050. The second kappa shape index (κ2) is 10.4. The molecule has 31 heavy (non-hydrogen) atoms. The van der Waals surface area contributed by atoms with Crippen LogP contribution in [0.2, 0.25) is 0 Å². The molecule has 0 aliphatic carbocycles. The summed E-state index contributed by atoms with van der Waals surface area (Å²) in [6, 6.07) is 7.25. The minimum absolute atomic E-state index is 0.00907. The minimum atomic E-state index is -1.45. The van der Waals surface area contributed by atoms with Crippen LogP contribution >= 0.6 is 0 Å². The summed E-state index contributed by atoms with van der Waals surface area (Å²) in [4.78, 5) is 47.1. The number of hydrogen-bond donors (Lipinski definition) is 2. The van der Waals surface area contributed by atoms with E-state index in [1.807, 2.05) is 0 Å². The normalized spacial score (nSPS) is 9.94. The molecular weight excluding hydrogens is 408 g/mol. The number of carboxylic acid groups (broad SMARTS) is 2. The molecule has 9 heteroatoms. The highest BCUT2D eigenvalue weighted by Gasteiger charge is 2.21. The van der Waals surface area contributed by atoms with Crippen molar-refractivity contribution < 1.29 is 43.6 Å². The maximum Gasteiger partial charge on any atom is 0.339 e. The van der Waals surface area contributed by atoms with Crippen LogP contribution in [0.4, 0.5) is 0 Å². The molecule has 2 aromatic rings. The fourth-order valence-electron chi connectivity index (χ4n) is 2.44. The van der Waals surface area contributed by atoms with Crippen molar-refractivity contribution in [1.29, 1.82) is 0 Å². The SMILES string of the molecule is C=CCOC(=O)c1ccc(Oc2ccc(C(=O)O)c(C(=O)O)c2)cc1C(=O)OCC=C. The van der Waals surface area contributed by atoms with E-state index in [2.05, 4.69) is 13.2 Å². The summed E-state index contributed by atoms with van der Waals surface area (Å²) >= 11 is 0. The number of carbonyl (C=O) groups excluding carboxylic acids is 2. The first-order chi connectivity index (χ1) is 14.8. The van der Waals surface area contributed by atoms with E-state index in [0.29, 0.717) is 0 Å². The van der Waals surface area contributed by atoms with E-state index in [4.69, 9.17) is 19.3 Å². The molecule has 0 radical (unpaired) electrons. The summed E-state index contributed by atoms with van der Waals surface area (Å²) in [5.74, 6) is -4.38. The molecule has 0 aliphatic heterocycles. The maximum absolute atomic E-state index is 12.4. The molecule has 0 amide bonds. The molecule has 0 saturated heterocycles. The van der Waals surface area contributed by atoms with Crippen molar-refractivity contribution in [2.75, 3.05) is 13.2 Å². The van der Waals surface area contributed by atoms with Crippen molar-refractivity contribution in [3.05, 3.63) is 84.0 Å². The number of rotatable bonds is 10. The molecule has 160 valence electrons. The lowest BCUT2D eigenvalue weighted by atomic mass is 10.1. The largest absolute Gasteiger partial charge is 0.478 e. The van der Waals surface area contributed by atoms with Crippen molar-refractivity contribution >= 4 is 23.9 Å². The first kappa shape index (κ1) is 22.9. The first-order valence-electron chi connectivity index (χ1n) is 8.77. The van der Waals surface area contributed by atoms with Crippen LogP contribution in [0.3, 0.4) is 0 Å². The zero-order valence-electron chi connectivity index (χ0n) is 16.2. The molecule has 0 saturated carbocycles. The van der Waals surface area contributed by atoms with Crippen LogP contribution in [0.1, 0.15) is 41.4 Å². The van der Waals surface area contributed by atoms with E-state index in [0.717, 1.165) is 12.1 Å². The van der Waals surface area contributed by atoms with Gasteiger partial charge < -0.3 is 24.4 Å². The average Bonchev–Trinajstić information content (AvgIpc) is 2.75. The number of aromatic carboxylic acids is 2. The van der Waals surface area contributed by atoms with Crippen LogP contribution in [-0.2, 0) is 9.47 Å². The predicted molar refractivity (Wildman–Crippen MR) is 108 cm³/mol. The highest BCUT2D eigenvalue weighted by Crippen LogP contribution is 2.27. The third kappa shape index (κ3) is 5.80. The Labute approximate surface area is 176 Å². The number of carboxylic acids is 2. The number of ether oxygens (including phenoxy) is 3. The van der Waals surface area contributed by atoms with Gasteiger partial charge in [0.25, 0.3) is 0 Å². The van der Waals surface area contributed by atoms with E-state index in [-0.39, 0.29) is 35.8 Å². The van der Waals surface area contributed by atoms with Gasteiger partial charge in [0.05, 0.1) is 22.3 Å². The zero-order chi connectivity index (χ0) is 23.0. The third-order valence-corrected chi connectivity index (χ3v) is 3.78. The topological polar surface area (TPSA) is 136 Å². The summed E-state index contributed by atoms with van der Waals surface area (Å²) < 4.78 is 15.5. The molecule has 0 atom stereocenters. The molecule has 0 unspecified atom stereocenters. The highest BCUT2D eigenvalue weighted by atomic mass is 16.5. The van der Waals surface area contributed by atoms with E-state index >= 15 is 0 Å². The van der Waals surface area contributed by atoms with Crippen molar-refractivity contribution in [3.8, 4) is 11.5 Å². The van der Waals surface area contributed by atoms with Gasteiger partial charge in [-0.2, -0.15) is 0 Å². The summed E-state index contributed by atoms with van der Waals surface area (Å²) in [5, 5.41) is 18.3. The molecule has 0 aromatic heterocycles. The Morgan fingerprint density at radius 3 is 1.65 bits per heavy atom. The standard InChI is InChI=1S/C22H18O9/c1-3-9-29-21(27)16-8-6-14(12-18(16)22(28)30-10-4-2)31-13-5-7-15(19(23)24)17(11-13)20(25)26/h3-8,11-12H,1-2,9-10H2,(H,23,24)(H,25,26). The summed E-state index contributed by atoms with van der Waals surface area (Å²) in [6.45, 7) is 6.73. The van der Waals surface area contributed by atoms with Gasteiger partial charge in [0.15, 0.2) is 0 Å². The molecule has 0 heterocycles. The van der Waals surface area contributed by atoms with Crippen LogP contribution in [0, 0.1) is 0 Å². The zero-order valence-corrected chi connectivity index (χ0v) is 16.2. The van der Waals surface area contributed by atoms with Gasteiger partial charge in [-0.3, -0.25) is 0 Å². The van der Waals surface area contributed by atoms with E-state index in [9.17, 15) is 24.3 Å². The third-order valence-electron chi connectivity index (χ3n) is 3.78. The highest BCUT2D eigenvalue weighted by molar-refractivity contribution is 6.04. The lowest BCUT2D eigenvalue weighted by Crippen LogP contribution is -2.14. The van der Waals surface area contributed by atoms with Gasteiger partial charge in [-0.25, -0.2) is 19.2 Å². The van der Waals surface area contributed by atoms with Gasteiger partial charge in [0.2, 0.25) is 0 Å². The van der Waals surface area contributed by atoms with Crippen LogP contribution in [0.25, 0.3) is 0 Å². The van der Waals surface area contributed by atoms with Crippen LogP contribution in [-0.4, -0.2) is 47.3 Å². The molecule has 2 N–H and O–H groups in total. The Morgan fingerprint density at radius 2 is 1.16 bits per heavy atom. The van der Waals surface area contributed by atoms with Crippen LogP contribution in [0.5, 0.6) is 11.5 Å². The van der Waals surface area contributed by atoms with E-state index in [1.165, 1.54) is 36.4 Å². The average molecular weight is 426 g/mol. The molecule has 9 nitrogen and oxygen atoms in total. The summed E-state index contributed by atoms with van der Waals surface area (Å²) in [5.41, 5.74) is -1.10. The summed E-state index contributed by atoms with van der Waals surface area (Å²) in [6.07, 6.45) is 2.72. The Hall–Kier alpha value is -4.40. The lowest BCUT2D eigenvalue weighted by Gasteiger charge is -2.12. The fourth-order valence-corrected chi connectivity index (χ4v) is 2.44. The predicted octanol–water partition coefficient (Wildman–Crippen LogP) is 3.56. The lowest BCUT2D eigenvalue weighted by molar-refractivity contribution is 0.0502. The molecule has 2 aromatic carbocycles. The first-order valence-corrected chi connectivity index (χ1v) is 8.77. The van der Waals surface area contributed by atoms with Crippen molar-refractivity contribution in [2.24, 2.45) is 0 Å². The Morgan fingerprint density at radius 1 is 0.710 bits per heavy atom. The molecular formula is C22H18O9. The van der Waals surface area contributed by atoms with Gasteiger partial charge in [-0.05, 0) is 36.4 Å². The van der Waals surface area contributed by atoms with Gasteiger partial charge in [0, 0.05) is 0 Å². The maximum atomic E-state index is 12.4. The Balaban J connectivity index is 2.42. The number of hydrogen-bond acceptors (Lipinski definition) is 7. The van der Waals surface area contributed by atoms with Crippen LogP contribution in [0.15, 0.2) is 61.7 Å². The van der Waals surface area contributed by atoms with Crippen LogP contribution < -0.4 is 4.74 Å². The summed E-state index contributed by atoms with van der Waals surface area (Å²) in [7, 11) is 0. The quantitative estimate of drug-likeness (QED) is 0.431. The van der Waals surface area contributed by atoms with Gasteiger partial charge in [-0.1, -0.05) is 25.3 Å². The molecule has 0 spiro atoms. The second-order valence-electron chi connectivity index (χ2n) is 5.90. The Kier molecular flexibility index (Phi) is 7.68. The van der Waals surface area contributed by atoms with Crippen molar-refractivity contribution in [2.45, 2.75) is 0 Å². The molecule has 0 fully saturated rings. The van der Waals surface area contributed by atoms with Crippen molar-refractivity contribution in [1.82, 2.24) is 0 Å². The second-order valence-corrected chi connectivity index (χ2v) is 5.90. The fraction of sp³-hybridized carbons (Fsp3) is 0.0909. The monoisotopic (exact) mass is 426 g/mol. The molecule has 0 aliphatic rings. The van der Waals surface area contributed by atoms with Gasteiger partial charge >= 0.3 is 23.9 Å². The van der Waals surface area contributed by atoms with E-state index in [1.54, 1.807) is 0 Å². The number of esters is 2. The smallest absolute Gasteiger partial charge is 0.339 e. The number of carbonyl (C=O) groups is 4. The van der Waals surface area contributed by atoms with Gasteiger partial charge in [0.1, 0.15) is 24.7 Å². The molecule has 2 rings (SSSR count). The van der Waals surface area contributed by atoms with Crippen molar-refractivity contribution in [3.63, 3.8) is 0 Å².